The van der Waals surface area contributed by atoms with Crippen molar-refractivity contribution in [1.29, 1.82) is 5.26 Å². The quantitative estimate of drug-likeness (QED) is 0.411. The maximum absolute atomic E-state index is 9.80. The average Bonchev–Trinajstić information content (AvgIpc) is 3.46. The van der Waals surface area contributed by atoms with Gasteiger partial charge in [0.1, 0.15) is 23.2 Å². The van der Waals surface area contributed by atoms with E-state index in [0.717, 1.165) is 26.6 Å². The lowest BCUT2D eigenvalue weighted by molar-refractivity contribution is 0.582. The van der Waals surface area contributed by atoms with Gasteiger partial charge in [0, 0.05) is 17.0 Å². The first kappa shape index (κ1) is 18.3. The van der Waals surface area contributed by atoms with E-state index in [-0.39, 0.29) is 0 Å². The highest BCUT2D eigenvalue weighted by molar-refractivity contribution is 7.97. The van der Waals surface area contributed by atoms with Gasteiger partial charge in [0.05, 0.1) is 16.8 Å². The van der Waals surface area contributed by atoms with Crippen molar-refractivity contribution in [2.75, 3.05) is 5.32 Å². The molecule has 0 fully saturated rings. The number of nitrogens with one attached hydrogen (secondary N) is 1. The highest BCUT2D eigenvalue weighted by Crippen LogP contribution is 2.34. The zero-order valence-corrected chi connectivity index (χ0v) is 16.4. The van der Waals surface area contributed by atoms with Crippen molar-refractivity contribution in [3.8, 4) is 28.0 Å². The molecule has 3 N–H and O–H groups in total. The van der Waals surface area contributed by atoms with Crippen molar-refractivity contribution >= 4 is 29.1 Å². The van der Waals surface area contributed by atoms with Gasteiger partial charge in [0.2, 0.25) is 0 Å². The van der Waals surface area contributed by atoms with Crippen LogP contribution in [0, 0.1) is 11.3 Å². The summed E-state index contributed by atoms with van der Waals surface area (Å²) in [5, 5.41) is 20.7. The van der Waals surface area contributed by atoms with E-state index in [1.54, 1.807) is 17.6 Å². The lowest BCUT2D eigenvalue weighted by atomic mass is 10.1. The predicted molar refractivity (Wildman–Crippen MR) is 114 cm³/mol. The van der Waals surface area contributed by atoms with Crippen molar-refractivity contribution in [1.82, 2.24) is 4.98 Å². The Bertz CT molecular complexity index is 1100. The van der Waals surface area contributed by atoms with Crippen LogP contribution in [0.15, 0.2) is 75.6 Å². The fourth-order valence-electron chi connectivity index (χ4n) is 2.83. The summed E-state index contributed by atoms with van der Waals surface area (Å²) in [5.41, 5.74) is 3.06. The Morgan fingerprint density at radius 1 is 1.18 bits per heavy atom. The fourth-order valence-corrected chi connectivity index (χ4v) is 3.81. The third kappa shape index (κ3) is 3.80. The number of hydrogen-bond donors (Lipinski definition) is 2. The molecule has 3 heterocycles. The third-order valence-corrected chi connectivity index (χ3v) is 5.65. The second-order valence-corrected chi connectivity index (χ2v) is 7.62. The summed E-state index contributed by atoms with van der Waals surface area (Å²) in [6.45, 7) is 0.544. The molecular formula is C21H16N4OS2. The van der Waals surface area contributed by atoms with Gasteiger partial charge in [-0.15, -0.1) is 11.3 Å². The Morgan fingerprint density at radius 3 is 2.68 bits per heavy atom. The van der Waals surface area contributed by atoms with Gasteiger partial charge in [-0.05, 0) is 59.3 Å². The van der Waals surface area contributed by atoms with Crippen LogP contribution >= 0.6 is 23.3 Å². The molecule has 0 atom stereocenters. The van der Waals surface area contributed by atoms with Gasteiger partial charge in [0.15, 0.2) is 0 Å². The summed E-state index contributed by atoms with van der Waals surface area (Å²) < 4.78 is 5.56. The largest absolute Gasteiger partial charge is 0.464 e. The SMILES string of the molecule is N#Cc1c(-c2ccco2)cc(-c2cccs2)nc1NCc1ccc(SN)cc1. The first-order chi connectivity index (χ1) is 13.8. The van der Waals surface area contributed by atoms with E-state index in [1.165, 1.54) is 11.9 Å². The van der Waals surface area contributed by atoms with Crippen molar-refractivity contribution in [2.45, 2.75) is 11.4 Å². The van der Waals surface area contributed by atoms with E-state index in [1.807, 2.05) is 60.0 Å². The summed E-state index contributed by atoms with van der Waals surface area (Å²) in [4.78, 5) is 6.75. The van der Waals surface area contributed by atoms with Gasteiger partial charge < -0.3 is 9.73 Å². The second kappa shape index (κ2) is 8.31. The maximum atomic E-state index is 9.80. The van der Waals surface area contributed by atoms with Gasteiger partial charge >= 0.3 is 0 Å². The second-order valence-electron chi connectivity index (χ2n) is 5.96. The van der Waals surface area contributed by atoms with Crippen molar-refractivity contribution in [3.63, 3.8) is 0 Å². The van der Waals surface area contributed by atoms with Gasteiger partial charge in [-0.2, -0.15) is 5.26 Å². The first-order valence-corrected chi connectivity index (χ1v) is 10.3. The normalized spacial score (nSPS) is 10.6. The summed E-state index contributed by atoms with van der Waals surface area (Å²) >= 11 is 2.82. The average molecular weight is 405 g/mol. The van der Waals surface area contributed by atoms with Crippen LogP contribution in [0.1, 0.15) is 11.1 Å². The maximum Gasteiger partial charge on any atom is 0.145 e. The standard InChI is InChI=1S/C21H16N4OS2/c22-12-17-16(19-3-1-9-26-19)11-18(20-4-2-10-27-20)25-21(17)24-13-14-5-7-15(28-23)8-6-14/h1-11H,13,23H2,(H,24,25). The summed E-state index contributed by atoms with van der Waals surface area (Å²) in [7, 11) is 0. The van der Waals surface area contributed by atoms with E-state index in [4.69, 9.17) is 14.5 Å². The van der Waals surface area contributed by atoms with E-state index < -0.39 is 0 Å². The number of nitrogens with zero attached hydrogens (tertiary/aromatic N) is 2. The van der Waals surface area contributed by atoms with Crippen LogP contribution in [0.3, 0.4) is 0 Å². The Balaban J connectivity index is 1.73. The van der Waals surface area contributed by atoms with Crippen LogP contribution in [0.2, 0.25) is 0 Å². The molecule has 138 valence electrons. The molecule has 0 bridgehead atoms. The topological polar surface area (TPSA) is 87.9 Å². The number of thiophene rings is 1. The van der Waals surface area contributed by atoms with Crippen molar-refractivity contribution in [2.24, 2.45) is 5.14 Å². The van der Waals surface area contributed by atoms with Crippen LogP contribution in [-0.4, -0.2) is 4.98 Å². The number of nitriles is 1. The Hall–Kier alpha value is -3.05. The van der Waals surface area contributed by atoms with Crippen LogP contribution < -0.4 is 10.5 Å². The van der Waals surface area contributed by atoms with Crippen LogP contribution in [-0.2, 0) is 6.54 Å². The highest BCUT2D eigenvalue weighted by Gasteiger charge is 2.17. The lowest BCUT2D eigenvalue weighted by Crippen LogP contribution is -2.05. The van der Waals surface area contributed by atoms with Gasteiger partial charge in [0.25, 0.3) is 0 Å². The molecular weight excluding hydrogens is 388 g/mol. The van der Waals surface area contributed by atoms with E-state index in [2.05, 4.69) is 11.4 Å². The zero-order valence-electron chi connectivity index (χ0n) is 14.8. The van der Waals surface area contributed by atoms with E-state index in [0.29, 0.717) is 23.7 Å². The number of benzene rings is 1. The number of hydrogen-bond acceptors (Lipinski definition) is 7. The number of furan rings is 1. The van der Waals surface area contributed by atoms with Gasteiger partial charge in [-0.3, -0.25) is 5.14 Å². The monoisotopic (exact) mass is 404 g/mol. The number of pyridine rings is 1. The smallest absolute Gasteiger partial charge is 0.145 e. The molecule has 0 radical (unpaired) electrons. The molecule has 5 nitrogen and oxygen atoms in total. The molecule has 4 aromatic rings. The number of rotatable bonds is 6. The van der Waals surface area contributed by atoms with Crippen LogP contribution in [0.5, 0.6) is 0 Å². The van der Waals surface area contributed by atoms with Crippen molar-refractivity contribution < 1.29 is 4.42 Å². The van der Waals surface area contributed by atoms with E-state index >= 15 is 0 Å². The molecule has 0 saturated heterocycles. The molecule has 0 saturated carbocycles. The molecule has 7 heteroatoms. The van der Waals surface area contributed by atoms with E-state index in [9.17, 15) is 5.26 Å². The zero-order chi connectivity index (χ0) is 19.3. The summed E-state index contributed by atoms with van der Waals surface area (Å²) in [5.74, 6) is 1.18. The molecule has 0 aliphatic carbocycles. The van der Waals surface area contributed by atoms with Crippen molar-refractivity contribution in [3.05, 3.63) is 77.4 Å². The number of anilines is 1. The molecule has 0 unspecified atom stereocenters. The molecule has 1 aromatic carbocycles. The summed E-state index contributed by atoms with van der Waals surface area (Å²) in [6.07, 6.45) is 1.60. The highest BCUT2D eigenvalue weighted by atomic mass is 32.2. The minimum atomic E-state index is 0.462. The minimum absolute atomic E-state index is 0.462. The molecule has 4 rings (SSSR count). The number of aromatic nitrogens is 1. The molecule has 3 aromatic heterocycles. The van der Waals surface area contributed by atoms with Gasteiger partial charge in [-0.25, -0.2) is 4.98 Å². The van der Waals surface area contributed by atoms with Gasteiger partial charge in [-0.1, -0.05) is 18.2 Å². The van der Waals surface area contributed by atoms with Crippen LogP contribution in [0.25, 0.3) is 21.9 Å². The Morgan fingerprint density at radius 2 is 2.04 bits per heavy atom. The Kier molecular flexibility index (Phi) is 5.44. The first-order valence-electron chi connectivity index (χ1n) is 8.51. The molecule has 0 aliphatic rings. The Labute approximate surface area is 171 Å². The fraction of sp³-hybridized carbons (Fsp3) is 0.0476. The molecule has 0 spiro atoms. The third-order valence-electron chi connectivity index (χ3n) is 4.21. The lowest BCUT2D eigenvalue weighted by Gasteiger charge is -2.12. The minimum Gasteiger partial charge on any atom is -0.464 e. The molecule has 0 aliphatic heterocycles. The van der Waals surface area contributed by atoms with Crippen LogP contribution in [0.4, 0.5) is 5.82 Å². The predicted octanol–water partition coefficient (Wildman–Crippen LogP) is 5.52. The molecule has 28 heavy (non-hydrogen) atoms. The summed E-state index contributed by atoms with van der Waals surface area (Å²) in [6, 6.07) is 19.8. The number of nitrogens with two attached hydrogens (primary N) is 1. The molecule has 0 amide bonds.